The molecule has 0 bridgehead atoms. The highest BCUT2D eigenvalue weighted by atomic mass is 15.2. The van der Waals surface area contributed by atoms with Crippen LogP contribution in [0.15, 0.2) is 71.9 Å². The molecule has 0 atom stereocenters. The molecular weight excluding hydrogens is 310 g/mol. The lowest BCUT2D eigenvalue weighted by molar-refractivity contribution is 0.786. The Hall–Kier alpha value is -3.08. The summed E-state index contributed by atoms with van der Waals surface area (Å²) in [6.45, 7) is 4.10. The molecule has 3 aromatic rings. The average Bonchev–Trinajstić information content (AvgIpc) is 3.15. The van der Waals surface area contributed by atoms with Crippen LogP contribution < -0.4 is 10.6 Å². The molecule has 5 nitrogen and oxygen atoms in total. The molecule has 0 unspecified atom stereocenters. The number of hydrogen-bond donors (Lipinski definition) is 3. The van der Waals surface area contributed by atoms with Gasteiger partial charge in [-0.05, 0) is 18.1 Å². The van der Waals surface area contributed by atoms with E-state index in [0.717, 1.165) is 29.6 Å². The first-order chi connectivity index (χ1) is 12.3. The number of aromatic amines is 1. The summed E-state index contributed by atoms with van der Waals surface area (Å²) in [6.07, 6.45) is 1.86. The zero-order valence-corrected chi connectivity index (χ0v) is 14.4. The van der Waals surface area contributed by atoms with Crippen LogP contribution in [-0.4, -0.2) is 22.5 Å². The van der Waals surface area contributed by atoms with Gasteiger partial charge < -0.3 is 15.6 Å². The summed E-state index contributed by atoms with van der Waals surface area (Å²) in [5.74, 6) is 1.66. The standard InChI is InChI=1S/C20H23N5/c1-2-21-20(23-13-16-9-5-3-6-10-16)24-15-19-22-14-18(25-19)17-11-7-4-8-12-17/h3-12,14H,2,13,15H2,1H3,(H,22,25)(H2,21,23,24). The zero-order valence-electron chi connectivity index (χ0n) is 14.4. The van der Waals surface area contributed by atoms with Crippen LogP contribution in [0.5, 0.6) is 0 Å². The molecule has 1 aromatic heterocycles. The van der Waals surface area contributed by atoms with E-state index in [1.54, 1.807) is 0 Å². The quantitative estimate of drug-likeness (QED) is 0.479. The van der Waals surface area contributed by atoms with Gasteiger partial charge in [-0.3, -0.25) is 0 Å². The van der Waals surface area contributed by atoms with Crippen molar-refractivity contribution in [2.75, 3.05) is 6.54 Å². The number of nitrogens with one attached hydrogen (secondary N) is 3. The topological polar surface area (TPSA) is 65.1 Å². The van der Waals surface area contributed by atoms with Gasteiger partial charge in [-0.2, -0.15) is 0 Å². The minimum absolute atomic E-state index is 0.591. The molecule has 128 valence electrons. The molecule has 25 heavy (non-hydrogen) atoms. The van der Waals surface area contributed by atoms with E-state index in [1.807, 2.05) is 42.6 Å². The summed E-state index contributed by atoms with van der Waals surface area (Å²) in [5, 5.41) is 6.58. The minimum atomic E-state index is 0.591. The highest BCUT2D eigenvalue weighted by Crippen LogP contribution is 2.15. The molecule has 0 saturated heterocycles. The monoisotopic (exact) mass is 333 g/mol. The van der Waals surface area contributed by atoms with Gasteiger partial charge in [0.1, 0.15) is 5.82 Å². The predicted octanol–water partition coefficient (Wildman–Crippen LogP) is 3.33. The number of nitrogens with zero attached hydrogens (tertiary/aromatic N) is 2. The summed E-state index contributed by atoms with van der Waals surface area (Å²) in [5.41, 5.74) is 3.33. The van der Waals surface area contributed by atoms with E-state index in [2.05, 4.69) is 56.8 Å². The molecule has 0 saturated carbocycles. The summed E-state index contributed by atoms with van der Waals surface area (Å²) in [7, 11) is 0. The highest BCUT2D eigenvalue weighted by Gasteiger charge is 2.04. The Bertz CT molecular complexity index is 793. The van der Waals surface area contributed by atoms with Gasteiger partial charge in [0, 0.05) is 6.54 Å². The minimum Gasteiger partial charge on any atom is -0.357 e. The Labute approximate surface area is 148 Å². The van der Waals surface area contributed by atoms with Crippen molar-refractivity contribution in [1.29, 1.82) is 0 Å². The number of guanidine groups is 1. The number of hydrogen-bond acceptors (Lipinski definition) is 2. The summed E-state index contributed by atoms with van der Waals surface area (Å²) >= 11 is 0. The van der Waals surface area contributed by atoms with Crippen molar-refractivity contribution in [3.8, 4) is 11.3 Å². The van der Waals surface area contributed by atoms with Gasteiger partial charge in [-0.15, -0.1) is 0 Å². The molecule has 0 aliphatic heterocycles. The summed E-state index contributed by atoms with van der Waals surface area (Å²) in [4.78, 5) is 12.4. The molecular formula is C20H23N5. The van der Waals surface area contributed by atoms with Crippen LogP contribution in [-0.2, 0) is 13.1 Å². The fraction of sp³-hybridized carbons (Fsp3) is 0.200. The Balaban J connectivity index is 1.61. The van der Waals surface area contributed by atoms with Gasteiger partial charge in [0.25, 0.3) is 0 Å². The predicted molar refractivity (Wildman–Crippen MR) is 102 cm³/mol. The van der Waals surface area contributed by atoms with Gasteiger partial charge in [-0.25, -0.2) is 9.98 Å². The smallest absolute Gasteiger partial charge is 0.191 e. The Morgan fingerprint density at radius 3 is 2.44 bits per heavy atom. The van der Waals surface area contributed by atoms with Crippen LogP contribution in [0.4, 0.5) is 0 Å². The molecule has 3 N–H and O–H groups in total. The second-order valence-electron chi connectivity index (χ2n) is 5.64. The number of benzene rings is 2. The van der Waals surface area contributed by atoms with Gasteiger partial charge in [-0.1, -0.05) is 60.7 Å². The van der Waals surface area contributed by atoms with E-state index < -0.39 is 0 Å². The summed E-state index contributed by atoms with van der Waals surface area (Å²) in [6, 6.07) is 20.4. The van der Waals surface area contributed by atoms with Crippen molar-refractivity contribution in [2.24, 2.45) is 4.99 Å². The lowest BCUT2D eigenvalue weighted by atomic mass is 10.2. The third kappa shape index (κ3) is 4.94. The maximum Gasteiger partial charge on any atom is 0.191 e. The van der Waals surface area contributed by atoms with Crippen molar-refractivity contribution in [3.63, 3.8) is 0 Å². The maximum absolute atomic E-state index is 4.62. The van der Waals surface area contributed by atoms with Crippen LogP contribution in [0.3, 0.4) is 0 Å². The van der Waals surface area contributed by atoms with E-state index in [9.17, 15) is 0 Å². The van der Waals surface area contributed by atoms with E-state index in [1.165, 1.54) is 5.56 Å². The van der Waals surface area contributed by atoms with Crippen molar-refractivity contribution in [1.82, 2.24) is 20.6 Å². The molecule has 2 aromatic carbocycles. The number of imidazole rings is 1. The van der Waals surface area contributed by atoms with Gasteiger partial charge in [0.2, 0.25) is 0 Å². The molecule has 0 amide bonds. The molecule has 3 rings (SSSR count). The highest BCUT2D eigenvalue weighted by molar-refractivity contribution is 5.79. The molecule has 0 fully saturated rings. The largest absolute Gasteiger partial charge is 0.357 e. The number of aromatic nitrogens is 2. The first kappa shape index (κ1) is 16.8. The second kappa shape index (κ2) is 8.68. The summed E-state index contributed by atoms with van der Waals surface area (Å²) < 4.78 is 0. The maximum atomic E-state index is 4.62. The van der Waals surface area contributed by atoms with Crippen molar-refractivity contribution in [2.45, 2.75) is 20.0 Å². The fourth-order valence-electron chi connectivity index (χ4n) is 2.48. The molecule has 1 heterocycles. The van der Waals surface area contributed by atoms with Crippen LogP contribution in [0.2, 0.25) is 0 Å². The van der Waals surface area contributed by atoms with E-state index in [0.29, 0.717) is 13.1 Å². The van der Waals surface area contributed by atoms with E-state index >= 15 is 0 Å². The third-order valence-electron chi connectivity index (χ3n) is 3.74. The molecule has 0 radical (unpaired) electrons. The normalized spacial score (nSPS) is 11.3. The SMILES string of the molecule is CCNC(=NCc1ccccc1)NCc1ncc(-c2ccccc2)[nH]1. The van der Waals surface area contributed by atoms with Crippen LogP contribution >= 0.6 is 0 Å². The van der Waals surface area contributed by atoms with Gasteiger partial charge in [0.05, 0.1) is 25.0 Å². The zero-order chi connectivity index (χ0) is 17.3. The van der Waals surface area contributed by atoms with Crippen molar-refractivity contribution in [3.05, 3.63) is 78.2 Å². The van der Waals surface area contributed by atoms with Crippen molar-refractivity contribution < 1.29 is 0 Å². The van der Waals surface area contributed by atoms with Crippen LogP contribution in [0, 0.1) is 0 Å². The number of H-pyrrole nitrogens is 1. The lowest BCUT2D eigenvalue weighted by Gasteiger charge is -2.10. The van der Waals surface area contributed by atoms with Gasteiger partial charge in [0.15, 0.2) is 5.96 Å². The number of rotatable bonds is 6. The first-order valence-electron chi connectivity index (χ1n) is 8.50. The molecule has 0 aliphatic rings. The number of aliphatic imine (C=N–C) groups is 1. The first-order valence-corrected chi connectivity index (χ1v) is 8.50. The van der Waals surface area contributed by atoms with E-state index in [4.69, 9.17) is 0 Å². The second-order valence-corrected chi connectivity index (χ2v) is 5.64. The van der Waals surface area contributed by atoms with Gasteiger partial charge >= 0.3 is 0 Å². The van der Waals surface area contributed by atoms with E-state index in [-0.39, 0.29) is 0 Å². The molecule has 0 spiro atoms. The van der Waals surface area contributed by atoms with Crippen LogP contribution in [0.1, 0.15) is 18.3 Å². The fourth-order valence-corrected chi connectivity index (χ4v) is 2.48. The third-order valence-corrected chi connectivity index (χ3v) is 3.74. The van der Waals surface area contributed by atoms with Crippen LogP contribution in [0.25, 0.3) is 11.3 Å². The Morgan fingerprint density at radius 1 is 1.00 bits per heavy atom. The molecule has 5 heteroatoms. The lowest BCUT2D eigenvalue weighted by Crippen LogP contribution is -2.37. The van der Waals surface area contributed by atoms with Crippen molar-refractivity contribution >= 4 is 5.96 Å². The Kier molecular flexibility index (Phi) is 5.82. The molecule has 0 aliphatic carbocycles. The Morgan fingerprint density at radius 2 is 1.72 bits per heavy atom. The average molecular weight is 333 g/mol.